The Balaban J connectivity index is 2.87. The van der Waals surface area contributed by atoms with Crippen LogP contribution in [0.4, 0.5) is 23.7 Å². The molecule has 10 heteroatoms. The van der Waals surface area contributed by atoms with Crippen LogP contribution >= 0.6 is 0 Å². The monoisotopic (exact) mass is 305 g/mol. The number of nitrogens with two attached hydrogens (primary N) is 2. The molecule has 3 amide bonds. The van der Waals surface area contributed by atoms with E-state index in [9.17, 15) is 22.8 Å². The van der Waals surface area contributed by atoms with E-state index < -0.39 is 29.4 Å². The van der Waals surface area contributed by atoms with Gasteiger partial charge < -0.3 is 21.8 Å². The van der Waals surface area contributed by atoms with Crippen LogP contribution in [-0.2, 0) is 6.18 Å². The van der Waals surface area contributed by atoms with Gasteiger partial charge in [-0.2, -0.15) is 13.2 Å². The van der Waals surface area contributed by atoms with Gasteiger partial charge in [0.15, 0.2) is 0 Å². The van der Waals surface area contributed by atoms with E-state index in [0.717, 1.165) is 12.1 Å². The molecule has 7 nitrogen and oxygen atoms in total. The predicted molar refractivity (Wildman–Crippen MR) is 69.2 cm³/mol. The Kier molecular flexibility index (Phi) is 5.36. The van der Waals surface area contributed by atoms with Crippen molar-refractivity contribution in [2.75, 3.05) is 18.5 Å². The molecule has 0 unspecified atom stereocenters. The molecule has 0 aromatic heterocycles. The molecule has 0 saturated heterocycles. The first-order valence-electron chi connectivity index (χ1n) is 5.75. The maximum Gasteiger partial charge on any atom is 0.418 e. The van der Waals surface area contributed by atoms with Crippen LogP contribution in [0.3, 0.4) is 0 Å². The Hall–Kier alpha value is -2.49. The minimum absolute atomic E-state index is 0.00201. The number of nitrogen functional groups attached to an aromatic ring is 1. The van der Waals surface area contributed by atoms with Crippen molar-refractivity contribution in [3.63, 3.8) is 0 Å². The quantitative estimate of drug-likeness (QED) is 0.307. The van der Waals surface area contributed by atoms with Crippen LogP contribution in [0.5, 0.6) is 0 Å². The summed E-state index contributed by atoms with van der Waals surface area (Å²) >= 11 is 0. The minimum Gasteiger partial charge on any atom is -0.352 e. The second kappa shape index (κ2) is 6.79. The van der Waals surface area contributed by atoms with Crippen LogP contribution < -0.4 is 27.6 Å². The minimum atomic E-state index is -4.65. The zero-order chi connectivity index (χ0) is 16.0. The predicted octanol–water partition coefficient (Wildman–Crippen LogP) is 0.389. The number of carbonyl (C=O) groups excluding carboxylic acids is 2. The van der Waals surface area contributed by atoms with Gasteiger partial charge in [0.2, 0.25) is 0 Å². The number of anilines is 1. The molecule has 0 aliphatic carbocycles. The molecule has 0 atom stereocenters. The highest BCUT2D eigenvalue weighted by Gasteiger charge is 2.35. The molecule has 0 aliphatic rings. The molecule has 116 valence electrons. The first-order valence-corrected chi connectivity index (χ1v) is 5.75. The van der Waals surface area contributed by atoms with Crippen molar-refractivity contribution in [1.29, 1.82) is 0 Å². The topological polar surface area (TPSA) is 122 Å². The maximum atomic E-state index is 12.8. The standard InChI is InChI=1S/C11H14F3N5O2/c12-11(13,14)7-3-1-2-6(8(7)19-16)9(20)17-4-5-18-10(15)21/h1-3,19H,4-5,16H2,(H,17,20)(H3,15,18,21). The fraction of sp³-hybridized carbons (Fsp3) is 0.273. The molecular weight excluding hydrogens is 291 g/mol. The number of hydrogen-bond donors (Lipinski definition) is 5. The molecule has 7 N–H and O–H groups in total. The van der Waals surface area contributed by atoms with Gasteiger partial charge in [-0.1, -0.05) is 6.07 Å². The van der Waals surface area contributed by atoms with E-state index in [1.807, 2.05) is 5.43 Å². The molecule has 21 heavy (non-hydrogen) atoms. The second-order valence-electron chi connectivity index (χ2n) is 3.92. The van der Waals surface area contributed by atoms with Crippen LogP contribution in [-0.4, -0.2) is 25.0 Å². The number of amides is 3. The lowest BCUT2D eigenvalue weighted by Gasteiger charge is -2.16. The number of hydrogen-bond acceptors (Lipinski definition) is 4. The Bertz CT molecular complexity index is 533. The number of benzene rings is 1. The normalized spacial score (nSPS) is 10.9. The third-order valence-electron chi connectivity index (χ3n) is 2.47. The number of alkyl halides is 3. The number of halogens is 3. The molecule has 0 saturated carbocycles. The Morgan fingerprint density at radius 1 is 1.14 bits per heavy atom. The molecule has 0 bridgehead atoms. The third kappa shape index (κ3) is 4.53. The molecule has 1 rings (SSSR count). The van der Waals surface area contributed by atoms with Gasteiger partial charge in [0.1, 0.15) is 0 Å². The molecule has 0 fully saturated rings. The van der Waals surface area contributed by atoms with Gasteiger partial charge in [0.25, 0.3) is 5.91 Å². The van der Waals surface area contributed by atoms with E-state index in [4.69, 9.17) is 11.6 Å². The summed E-state index contributed by atoms with van der Waals surface area (Å²) in [5.74, 6) is 4.31. The summed E-state index contributed by atoms with van der Waals surface area (Å²) in [4.78, 5) is 22.2. The van der Waals surface area contributed by atoms with Crippen LogP contribution in [0.15, 0.2) is 18.2 Å². The van der Waals surface area contributed by atoms with Crippen LogP contribution in [0.2, 0.25) is 0 Å². The van der Waals surface area contributed by atoms with E-state index in [0.29, 0.717) is 0 Å². The van der Waals surface area contributed by atoms with Crippen molar-refractivity contribution in [2.24, 2.45) is 11.6 Å². The Morgan fingerprint density at radius 3 is 2.29 bits per heavy atom. The summed E-state index contributed by atoms with van der Waals surface area (Å²) in [7, 11) is 0. The van der Waals surface area contributed by atoms with Crippen LogP contribution in [0.1, 0.15) is 15.9 Å². The van der Waals surface area contributed by atoms with Gasteiger partial charge in [-0.25, -0.2) is 4.79 Å². The van der Waals surface area contributed by atoms with Gasteiger partial charge in [0, 0.05) is 13.1 Å². The summed E-state index contributed by atoms with van der Waals surface area (Å²) in [5, 5.41) is 4.56. The largest absolute Gasteiger partial charge is 0.418 e. The van der Waals surface area contributed by atoms with Crippen molar-refractivity contribution >= 4 is 17.6 Å². The lowest BCUT2D eigenvalue weighted by Crippen LogP contribution is -2.37. The van der Waals surface area contributed by atoms with Crippen molar-refractivity contribution < 1.29 is 22.8 Å². The fourth-order valence-corrected chi connectivity index (χ4v) is 1.59. The highest BCUT2D eigenvalue weighted by Crippen LogP contribution is 2.36. The zero-order valence-electron chi connectivity index (χ0n) is 10.8. The van der Waals surface area contributed by atoms with Gasteiger partial charge in [-0.3, -0.25) is 10.6 Å². The maximum absolute atomic E-state index is 12.8. The van der Waals surface area contributed by atoms with E-state index in [1.54, 1.807) is 0 Å². The van der Waals surface area contributed by atoms with Crippen LogP contribution in [0.25, 0.3) is 0 Å². The first-order chi connectivity index (χ1) is 9.77. The average Bonchev–Trinajstić information content (AvgIpc) is 2.41. The molecule has 0 radical (unpaired) electrons. The highest BCUT2D eigenvalue weighted by molar-refractivity contribution is 6.00. The van der Waals surface area contributed by atoms with E-state index in [2.05, 4.69) is 10.6 Å². The molecule has 1 aromatic rings. The van der Waals surface area contributed by atoms with Crippen molar-refractivity contribution in [3.8, 4) is 0 Å². The number of urea groups is 1. The smallest absolute Gasteiger partial charge is 0.352 e. The third-order valence-corrected chi connectivity index (χ3v) is 2.47. The summed E-state index contributed by atoms with van der Waals surface area (Å²) in [6.07, 6.45) is -4.65. The summed E-state index contributed by atoms with van der Waals surface area (Å²) in [6, 6.07) is 2.33. The number of rotatable bonds is 5. The van der Waals surface area contributed by atoms with Gasteiger partial charge in [-0.15, -0.1) is 0 Å². The molecule has 0 aliphatic heterocycles. The lowest BCUT2D eigenvalue weighted by atomic mass is 10.1. The Morgan fingerprint density at radius 2 is 1.76 bits per heavy atom. The first kappa shape index (κ1) is 16.6. The van der Waals surface area contributed by atoms with E-state index >= 15 is 0 Å². The summed E-state index contributed by atoms with van der Waals surface area (Å²) in [5.41, 5.74) is 4.88. The number of primary amides is 1. The highest BCUT2D eigenvalue weighted by atomic mass is 19.4. The summed E-state index contributed by atoms with van der Waals surface area (Å²) in [6.45, 7) is 0.0491. The van der Waals surface area contributed by atoms with Crippen LogP contribution in [0, 0.1) is 0 Å². The second-order valence-corrected chi connectivity index (χ2v) is 3.92. The van der Waals surface area contributed by atoms with Gasteiger partial charge >= 0.3 is 12.2 Å². The molecule has 0 heterocycles. The fourth-order valence-electron chi connectivity index (χ4n) is 1.59. The van der Waals surface area contributed by atoms with Crippen molar-refractivity contribution in [3.05, 3.63) is 29.3 Å². The molecular formula is C11H14F3N5O2. The molecule has 1 aromatic carbocycles. The number of carbonyl (C=O) groups is 2. The Labute approximate surface area is 117 Å². The lowest BCUT2D eigenvalue weighted by molar-refractivity contribution is -0.137. The zero-order valence-corrected chi connectivity index (χ0v) is 10.8. The van der Waals surface area contributed by atoms with E-state index in [1.165, 1.54) is 6.07 Å². The van der Waals surface area contributed by atoms with Crippen molar-refractivity contribution in [2.45, 2.75) is 6.18 Å². The molecule has 0 spiro atoms. The number of hydrazine groups is 1. The summed E-state index contributed by atoms with van der Waals surface area (Å²) < 4.78 is 38.4. The number of nitrogens with one attached hydrogen (secondary N) is 3. The SMILES string of the molecule is NNc1c(C(=O)NCCNC(N)=O)cccc1C(F)(F)F. The number of para-hydroxylation sites is 1. The average molecular weight is 305 g/mol. The van der Waals surface area contributed by atoms with Gasteiger partial charge in [0.05, 0.1) is 16.8 Å². The van der Waals surface area contributed by atoms with E-state index in [-0.39, 0.29) is 18.7 Å². The van der Waals surface area contributed by atoms with Gasteiger partial charge in [-0.05, 0) is 12.1 Å². The van der Waals surface area contributed by atoms with Crippen molar-refractivity contribution in [1.82, 2.24) is 10.6 Å².